The lowest BCUT2D eigenvalue weighted by molar-refractivity contribution is -0.146. The molecule has 0 radical (unpaired) electrons. The molecule has 0 fully saturated rings. The molecule has 2 atom stereocenters. The summed E-state index contributed by atoms with van der Waals surface area (Å²) >= 11 is 1.25. The number of carboxylic acids is 1. The molecule has 134 valence electrons. The van der Waals surface area contributed by atoms with Crippen molar-refractivity contribution in [3.63, 3.8) is 0 Å². The third kappa shape index (κ3) is 3.61. The first-order valence-electron chi connectivity index (χ1n) is 8.00. The average molecular weight is 369 g/mol. The van der Waals surface area contributed by atoms with E-state index in [1.807, 2.05) is 30.3 Å². The van der Waals surface area contributed by atoms with Crippen LogP contribution in [-0.2, 0) is 4.79 Å². The number of nitrogens with two attached hydrogens (primary N) is 1. The molecule has 0 aromatic heterocycles. The van der Waals surface area contributed by atoms with Crippen molar-refractivity contribution < 1.29 is 19.7 Å². The SMILES string of the molecule is COc1ccc([C@H](Sc2c(N)ccc3ccccc23)[C@@H](O)C(=O)O)cc1. The lowest BCUT2D eigenvalue weighted by Gasteiger charge is -2.22. The maximum atomic E-state index is 11.5. The average Bonchev–Trinajstić information content (AvgIpc) is 2.67. The van der Waals surface area contributed by atoms with Gasteiger partial charge in [-0.25, -0.2) is 4.79 Å². The molecular formula is C20H19NO4S. The molecule has 0 unspecified atom stereocenters. The summed E-state index contributed by atoms with van der Waals surface area (Å²) in [7, 11) is 1.56. The largest absolute Gasteiger partial charge is 0.497 e. The second kappa shape index (κ2) is 7.68. The number of ether oxygens (including phenoxy) is 1. The van der Waals surface area contributed by atoms with Crippen LogP contribution < -0.4 is 10.5 Å². The molecule has 4 N–H and O–H groups in total. The van der Waals surface area contributed by atoms with E-state index in [0.717, 1.165) is 15.7 Å². The van der Waals surface area contributed by atoms with Gasteiger partial charge in [-0.2, -0.15) is 0 Å². The molecule has 5 nitrogen and oxygen atoms in total. The molecule has 0 aliphatic rings. The summed E-state index contributed by atoms with van der Waals surface area (Å²) in [5.41, 5.74) is 7.39. The first kappa shape index (κ1) is 18.1. The quantitative estimate of drug-likeness (QED) is 0.453. The molecule has 0 bridgehead atoms. The molecule has 0 aliphatic carbocycles. The fourth-order valence-electron chi connectivity index (χ4n) is 2.76. The number of fused-ring (bicyclic) bond motifs is 1. The minimum absolute atomic E-state index is 0.546. The van der Waals surface area contributed by atoms with Gasteiger partial charge in [0.05, 0.1) is 12.4 Å². The number of thioether (sulfide) groups is 1. The number of carbonyl (C=O) groups is 1. The summed E-state index contributed by atoms with van der Waals surface area (Å²) in [5.74, 6) is -0.621. The zero-order chi connectivity index (χ0) is 18.7. The molecule has 3 aromatic rings. The van der Waals surface area contributed by atoms with Gasteiger partial charge in [0.15, 0.2) is 6.10 Å². The highest BCUT2D eigenvalue weighted by atomic mass is 32.2. The Morgan fingerprint density at radius 2 is 1.77 bits per heavy atom. The van der Waals surface area contributed by atoms with E-state index in [9.17, 15) is 15.0 Å². The number of aliphatic hydroxyl groups is 1. The molecule has 6 heteroatoms. The van der Waals surface area contributed by atoms with Gasteiger partial charge < -0.3 is 20.7 Å². The van der Waals surface area contributed by atoms with Gasteiger partial charge in [-0.3, -0.25) is 0 Å². The van der Waals surface area contributed by atoms with E-state index in [-0.39, 0.29) is 0 Å². The summed E-state index contributed by atoms with van der Waals surface area (Å²) in [6, 6.07) is 18.4. The molecule has 0 amide bonds. The van der Waals surface area contributed by atoms with Crippen molar-refractivity contribution in [2.75, 3.05) is 12.8 Å². The van der Waals surface area contributed by atoms with Gasteiger partial charge in [-0.15, -0.1) is 11.8 Å². The van der Waals surface area contributed by atoms with Gasteiger partial charge in [-0.1, -0.05) is 42.5 Å². The van der Waals surface area contributed by atoms with E-state index >= 15 is 0 Å². The molecule has 0 saturated heterocycles. The summed E-state index contributed by atoms with van der Waals surface area (Å²) in [4.78, 5) is 12.2. The number of benzene rings is 3. The number of rotatable bonds is 6. The monoisotopic (exact) mass is 369 g/mol. The number of methoxy groups -OCH3 is 1. The highest BCUT2D eigenvalue weighted by molar-refractivity contribution is 8.00. The van der Waals surface area contributed by atoms with Gasteiger partial charge in [0, 0.05) is 10.6 Å². The topological polar surface area (TPSA) is 92.8 Å². The van der Waals surface area contributed by atoms with Gasteiger partial charge in [0.2, 0.25) is 0 Å². The highest BCUT2D eigenvalue weighted by Gasteiger charge is 2.29. The third-order valence-electron chi connectivity index (χ3n) is 4.14. The molecule has 3 rings (SSSR count). The molecule has 26 heavy (non-hydrogen) atoms. The van der Waals surface area contributed by atoms with Crippen molar-refractivity contribution in [3.05, 3.63) is 66.2 Å². The lowest BCUT2D eigenvalue weighted by atomic mass is 10.1. The van der Waals surface area contributed by atoms with Gasteiger partial charge in [0.1, 0.15) is 5.75 Å². The van der Waals surface area contributed by atoms with E-state index in [2.05, 4.69) is 0 Å². The first-order chi connectivity index (χ1) is 12.5. The van der Waals surface area contributed by atoms with Crippen LogP contribution in [-0.4, -0.2) is 29.4 Å². The highest BCUT2D eigenvalue weighted by Crippen LogP contribution is 2.44. The van der Waals surface area contributed by atoms with E-state index in [4.69, 9.17) is 10.5 Å². The molecule has 3 aromatic carbocycles. The standard InChI is InChI=1S/C20H19NO4S/c1-25-14-9-6-13(7-10-14)18(17(22)20(23)24)26-19-15-5-3-2-4-12(15)8-11-16(19)21/h2-11,17-18,22H,21H2,1H3,(H,23,24)/t17-,18+/m1/s1. The van der Waals surface area contributed by atoms with E-state index in [1.165, 1.54) is 11.8 Å². The van der Waals surface area contributed by atoms with Crippen LogP contribution in [0.3, 0.4) is 0 Å². The molecule has 0 saturated carbocycles. The number of carboxylic acid groups (broad SMARTS) is 1. The Balaban J connectivity index is 2.06. The predicted octanol–water partition coefficient (Wildman–Crippen LogP) is 3.71. The normalized spacial score (nSPS) is 13.3. The minimum atomic E-state index is -1.58. The first-order valence-corrected chi connectivity index (χ1v) is 8.88. The van der Waals surface area contributed by atoms with E-state index < -0.39 is 17.3 Å². The number of nitrogen functional groups attached to an aromatic ring is 1. The second-order valence-electron chi connectivity index (χ2n) is 5.80. The number of anilines is 1. The van der Waals surface area contributed by atoms with Crippen LogP contribution in [0, 0.1) is 0 Å². The Hall–Kier alpha value is -2.70. The predicted molar refractivity (Wildman–Crippen MR) is 104 cm³/mol. The second-order valence-corrected chi connectivity index (χ2v) is 6.95. The van der Waals surface area contributed by atoms with Crippen LogP contribution in [0.5, 0.6) is 5.75 Å². The van der Waals surface area contributed by atoms with E-state index in [0.29, 0.717) is 17.0 Å². The zero-order valence-corrected chi connectivity index (χ0v) is 14.9. The molecular weight excluding hydrogens is 350 g/mol. The van der Waals surface area contributed by atoms with Crippen molar-refractivity contribution in [2.24, 2.45) is 0 Å². The van der Waals surface area contributed by atoms with Crippen molar-refractivity contribution in [1.29, 1.82) is 0 Å². The zero-order valence-electron chi connectivity index (χ0n) is 14.1. The van der Waals surface area contributed by atoms with Gasteiger partial charge >= 0.3 is 5.97 Å². The Labute approximate surface area is 155 Å². The Morgan fingerprint density at radius 3 is 2.42 bits per heavy atom. The fourth-order valence-corrected chi connectivity index (χ4v) is 4.07. The number of hydrogen-bond donors (Lipinski definition) is 3. The van der Waals surface area contributed by atoms with Crippen LogP contribution in [0.15, 0.2) is 65.6 Å². The third-order valence-corrected chi connectivity index (χ3v) is 5.61. The van der Waals surface area contributed by atoms with Crippen LogP contribution in [0.2, 0.25) is 0 Å². The molecule has 0 aliphatic heterocycles. The Bertz CT molecular complexity index is 927. The van der Waals surface area contributed by atoms with Crippen molar-refractivity contribution in [2.45, 2.75) is 16.2 Å². The maximum Gasteiger partial charge on any atom is 0.334 e. The Kier molecular flexibility index (Phi) is 5.35. The summed E-state index contributed by atoms with van der Waals surface area (Å²) in [5, 5.41) is 20.9. The summed E-state index contributed by atoms with van der Waals surface area (Å²) < 4.78 is 5.15. The number of aliphatic hydroxyl groups excluding tert-OH is 1. The maximum absolute atomic E-state index is 11.5. The van der Waals surface area contributed by atoms with Crippen molar-refractivity contribution in [3.8, 4) is 5.75 Å². The summed E-state index contributed by atoms with van der Waals surface area (Å²) in [6.07, 6.45) is -1.58. The molecule has 0 heterocycles. The van der Waals surface area contributed by atoms with Crippen LogP contribution in [0.4, 0.5) is 5.69 Å². The summed E-state index contributed by atoms with van der Waals surface area (Å²) in [6.45, 7) is 0. The van der Waals surface area contributed by atoms with Gasteiger partial charge in [0.25, 0.3) is 0 Å². The lowest BCUT2D eigenvalue weighted by Crippen LogP contribution is -2.26. The van der Waals surface area contributed by atoms with E-state index in [1.54, 1.807) is 37.4 Å². The minimum Gasteiger partial charge on any atom is -0.497 e. The van der Waals surface area contributed by atoms with Crippen LogP contribution in [0.25, 0.3) is 10.8 Å². The van der Waals surface area contributed by atoms with Gasteiger partial charge in [-0.05, 0) is 34.5 Å². The number of hydrogen-bond acceptors (Lipinski definition) is 5. The van der Waals surface area contributed by atoms with Crippen molar-refractivity contribution in [1.82, 2.24) is 0 Å². The molecule has 0 spiro atoms. The Morgan fingerprint density at radius 1 is 1.08 bits per heavy atom. The van der Waals surface area contributed by atoms with Crippen LogP contribution >= 0.6 is 11.8 Å². The smallest absolute Gasteiger partial charge is 0.334 e. The fraction of sp³-hybridized carbons (Fsp3) is 0.150. The van der Waals surface area contributed by atoms with Crippen molar-refractivity contribution >= 4 is 34.2 Å². The number of aliphatic carboxylic acids is 1. The van der Waals surface area contributed by atoms with Crippen LogP contribution in [0.1, 0.15) is 10.8 Å².